The van der Waals surface area contributed by atoms with Crippen molar-refractivity contribution in [2.75, 3.05) is 4.90 Å². The molecule has 2 nitrogen and oxygen atoms in total. The van der Waals surface area contributed by atoms with Crippen LogP contribution in [0.15, 0.2) is 290 Å². The van der Waals surface area contributed by atoms with E-state index in [1.807, 2.05) is 0 Å². The fraction of sp³-hybridized carbons (Fsp3) is 0.0278. The molecular formula is C72H49NO. The largest absolute Gasteiger partial charge is 0.456 e. The minimum Gasteiger partial charge on any atom is -0.456 e. The lowest BCUT2D eigenvalue weighted by Crippen LogP contribution is -2.28. The molecule has 0 fully saturated rings. The quantitative estimate of drug-likeness (QED) is 0.143. The third-order valence-corrected chi connectivity index (χ3v) is 15.2. The van der Waals surface area contributed by atoms with Crippen LogP contribution in [-0.2, 0) is 0 Å². The first-order valence-electron chi connectivity index (χ1n) is 25.6. The molecule has 2 atom stereocenters. The molecule has 0 saturated carbocycles. The molecule has 0 saturated heterocycles. The first-order chi connectivity index (χ1) is 36.6. The number of fused-ring (bicyclic) bond motifs is 6. The lowest BCUT2D eigenvalue weighted by atomic mass is 9.86. The zero-order chi connectivity index (χ0) is 49.0. The zero-order valence-corrected chi connectivity index (χ0v) is 40.6. The number of rotatable bonds is 9. The summed E-state index contributed by atoms with van der Waals surface area (Å²) in [7, 11) is 0. The number of para-hydroxylation sites is 1. The Hall–Kier alpha value is -9.50. The molecule has 11 aromatic carbocycles. The molecule has 0 bridgehead atoms. The van der Waals surface area contributed by atoms with Crippen molar-refractivity contribution in [1.82, 2.24) is 0 Å². The normalized spacial score (nSPS) is 14.8. The number of nitrogens with zero attached hydrogens (tertiary/aromatic N) is 1. The first-order valence-corrected chi connectivity index (χ1v) is 25.6. The summed E-state index contributed by atoms with van der Waals surface area (Å²) in [5.41, 5.74) is 24.7. The third-order valence-electron chi connectivity index (χ3n) is 15.2. The molecule has 0 spiro atoms. The summed E-state index contributed by atoms with van der Waals surface area (Å²) in [5, 5.41) is 2.23. The van der Waals surface area contributed by atoms with E-state index in [4.69, 9.17) is 4.42 Å². The number of allylic oxidation sites excluding steroid dienone is 2. The minimum atomic E-state index is 0.179. The molecule has 12 aromatic rings. The number of hydrogen-bond acceptors (Lipinski definition) is 2. The van der Waals surface area contributed by atoms with Crippen LogP contribution in [0.25, 0.3) is 105 Å². The van der Waals surface area contributed by atoms with Crippen molar-refractivity contribution in [3.63, 3.8) is 0 Å². The van der Waals surface area contributed by atoms with Crippen LogP contribution in [0.4, 0.5) is 11.4 Å². The van der Waals surface area contributed by atoms with E-state index in [0.717, 1.165) is 38.8 Å². The van der Waals surface area contributed by atoms with E-state index in [1.54, 1.807) is 0 Å². The lowest BCUT2D eigenvalue weighted by molar-refractivity contribution is 0.669. The molecule has 1 aliphatic heterocycles. The summed E-state index contributed by atoms with van der Waals surface area (Å²) in [5.74, 6) is 0.252. The number of furan rings is 1. The summed E-state index contributed by atoms with van der Waals surface area (Å²) in [6.45, 7) is 0. The van der Waals surface area contributed by atoms with Gasteiger partial charge in [0.1, 0.15) is 11.2 Å². The SMILES string of the molecule is C1=CC2C(C=C1c1ccccc1)c1ccccc1N2c1ccc2oc3ccc(-c4cccc(-c5cccc(-c6cccc(-c7cccc(-c8cccc(-c9cccc(-c%10ccccc%10)c9)c8)c7)c6)c5)c4)cc3c2c1. The van der Waals surface area contributed by atoms with Gasteiger partial charge in [0.15, 0.2) is 0 Å². The molecule has 14 rings (SSSR count). The third kappa shape index (κ3) is 7.94. The molecule has 2 heterocycles. The highest BCUT2D eigenvalue weighted by Crippen LogP contribution is 2.50. The van der Waals surface area contributed by atoms with Gasteiger partial charge in [0, 0.05) is 28.1 Å². The summed E-state index contributed by atoms with van der Waals surface area (Å²) >= 11 is 0. The number of anilines is 2. The van der Waals surface area contributed by atoms with Crippen molar-refractivity contribution in [3.05, 3.63) is 296 Å². The lowest BCUT2D eigenvalue weighted by Gasteiger charge is -2.29. The minimum absolute atomic E-state index is 0.179. The monoisotopic (exact) mass is 943 g/mol. The number of benzene rings is 11. The Balaban J connectivity index is 0.735. The Morgan fingerprint density at radius 2 is 0.676 bits per heavy atom. The van der Waals surface area contributed by atoms with Crippen LogP contribution in [0.3, 0.4) is 0 Å². The van der Waals surface area contributed by atoms with Crippen LogP contribution >= 0.6 is 0 Å². The predicted molar refractivity (Wildman–Crippen MR) is 310 cm³/mol. The van der Waals surface area contributed by atoms with Gasteiger partial charge >= 0.3 is 0 Å². The average Bonchev–Trinajstić information content (AvgIpc) is 4.02. The van der Waals surface area contributed by atoms with Crippen molar-refractivity contribution in [2.45, 2.75) is 12.0 Å². The summed E-state index contributed by atoms with van der Waals surface area (Å²) in [4.78, 5) is 2.51. The van der Waals surface area contributed by atoms with Crippen LogP contribution in [0.1, 0.15) is 17.0 Å². The predicted octanol–water partition coefficient (Wildman–Crippen LogP) is 19.5. The Morgan fingerprint density at radius 1 is 0.297 bits per heavy atom. The Kier molecular flexibility index (Phi) is 10.7. The molecule has 2 unspecified atom stereocenters. The van der Waals surface area contributed by atoms with E-state index >= 15 is 0 Å². The second-order valence-corrected chi connectivity index (χ2v) is 19.6. The number of hydrogen-bond donors (Lipinski definition) is 0. The molecule has 2 heteroatoms. The molecule has 0 amide bonds. The summed E-state index contributed by atoms with van der Waals surface area (Å²) in [6, 6.07) is 97.1. The van der Waals surface area contributed by atoms with Gasteiger partial charge in [-0.25, -0.2) is 0 Å². The molecule has 1 aliphatic carbocycles. The van der Waals surface area contributed by atoms with Gasteiger partial charge in [0.2, 0.25) is 0 Å². The molecular weight excluding hydrogens is 895 g/mol. The molecule has 0 radical (unpaired) electrons. The van der Waals surface area contributed by atoms with Gasteiger partial charge in [-0.1, -0.05) is 212 Å². The highest BCUT2D eigenvalue weighted by Gasteiger charge is 2.38. The van der Waals surface area contributed by atoms with Crippen molar-refractivity contribution >= 4 is 38.9 Å². The van der Waals surface area contributed by atoms with E-state index in [2.05, 4.69) is 290 Å². The summed E-state index contributed by atoms with van der Waals surface area (Å²) < 4.78 is 6.50. The second kappa shape index (κ2) is 18.3. The van der Waals surface area contributed by atoms with Gasteiger partial charge in [-0.2, -0.15) is 0 Å². The Bertz CT molecular complexity index is 4160. The zero-order valence-electron chi connectivity index (χ0n) is 40.6. The first kappa shape index (κ1) is 43.3. The van der Waals surface area contributed by atoms with Crippen LogP contribution in [0.5, 0.6) is 0 Å². The molecule has 2 aliphatic rings. The Morgan fingerprint density at radius 3 is 1.16 bits per heavy atom. The molecule has 74 heavy (non-hydrogen) atoms. The summed E-state index contributed by atoms with van der Waals surface area (Å²) in [6.07, 6.45) is 7.13. The van der Waals surface area contributed by atoms with E-state index < -0.39 is 0 Å². The fourth-order valence-electron chi connectivity index (χ4n) is 11.5. The smallest absolute Gasteiger partial charge is 0.135 e. The fourth-order valence-corrected chi connectivity index (χ4v) is 11.5. The van der Waals surface area contributed by atoms with Crippen LogP contribution in [0, 0.1) is 0 Å². The van der Waals surface area contributed by atoms with Gasteiger partial charge in [-0.3, -0.25) is 0 Å². The van der Waals surface area contributed by atoms with Crippen molar-refractivity contribution < 1.29 is 4.42 Å². The van der Waals surface area contributed by atoms with E-state index in [1.165, 1.54) is 89.1 Å². The van der Waals surface area contributed by atoms with Crippen LogP contribution in [0.2, 0.25) is 0 Å². The Labute approximate surface area is 432 Å². The van der Waals surface area contributed by atoms with Gasteiger partial charge in [-0.15, -0.1) is 0 Å². The van der Waals surface area contributed by atoms with E-state index in [-0.39, 0.29) is 12.0 Å². The average molecular weight is 944 g/mol. The maximum absolute atomic E-state index is 6.50. The molecule has 0 N–H and O–H groups in total. The van der Waals surface area contributed by atoms with Crippen molar-refractivity contribution in [2.24, 2.45) is 0 Å². The van der Waals surface area contributed by atoms with Gasteiger partial charge < -0.3 is 9.32 Å². The molecule has 348 valence electrons. The van der Waals surface area contributed by atoms with Gasteiger partial charge in [-0.05, 0) is 167 Å². The van der Waals surface area contributed by atoms with E-state index in [9.17, 15) is 0 Å². The van der Waals surface area contributed by atoms with Crippen molar-refractivity contribution in [1.29, 1.82) is 0 Å². The highest BCUT2D eigenvalue weighted by molar-refractivity contribution is 6.08. The topological polar surface area (TPSA) is 16.4 Å². The van der Waals surface area contributed by atoms with Crippen LogP contribution < -0.4 is 4.90 Å². The maximum Gasteiger partial charge on any atom is 0.135 e. The molecule has 1 aromatic heterocycles. The van der Waals surface area contributed by atoms with Crippen molar-refractivity contribution in [3.8, 4) is 77.9 Å². The standard InChI is InChI=1S/C72H49NO/c1-3-15-48(16-4-1)50-19-9-20-51(39-50)52-21-10-22-53(40-52)54-23-11-24-55(41-54)56-25-12-26-57(42-56)58-27-13-28-59(43-58)60-29-14-30-61(44-60)63-34-37-71-67(46-63)68-47-64(35-38-72(68)74-71)73-69-32-8-7-31-65(69)66-45-62(33-36-70(66)73)49-17-5-2-6-18-49/h1-47,66,70H. The maximum atomic E-state index is 6.50. The van der Waals surface area contributed by atoms with Crippen LogP contribution in [-0.4, -0.2) is 6.04 Å². The second-order valence-electron chi connectivity index (χ2n) is 19.6. The van der Waals surface area contributed by atoms with Gasteiger partial charge in [0.05, 0.1) is 6.04 Å². The highest BCUT2D eigenvalue weighted by atomic mass is 16.3. The van der Waals surface area contributed by atoms with E-state index in [0.29, 0.717) is 0 Å². The van der Waals surface area contributed by atoms with Gasteiger partial charge in [0.25, 0.3) is 0 Å².